The van der Waals surface area contributed by atoms with Crippen LogP contribution in [0, 0.1) is 12.8 Å². The first-order valence-electron chi connectivity index (χ1n) is 11.1. The minimum atomic E-state index is -3.22. The molecule has 0 saturated carbocycles. The number of rotatable bonds is 5. The van der Waals surface area contributed by atoms with Crippen LogP contribution in [0.2, 0.25) is 0 Å². The van der Waals surface area contributed by atoms with Crippen LogP contribution >= 0.6 is 0 Å². The van der Waals surface area contributed by atoms with Crippen LogP contribution in [0.25, 0.3) is 0 Å². The molecule has 0 aliphatic carbocycles. The molecule has 9 nitrogen and oxygen atoms in total. The number of aromatic nitrogens is 3. The molecule has 3 aliphatic heterocycles. The van der Waals surface area contributed by atoms with Gasteiger partial charge in [0.25, 0.3) is 5.91 Å². The average Bonchev–Trinajstić information content (AvgIpc) is 3.41. The summed E-state index contributed by atoms with van der Waals surface area (Å²) in [6.07, 6.45) is 7.80. The first kappa shape index (κ1) is 20.7. The third-order valence-electron chi connectivity index (χ3n) is 7.30. The highest BCUT2D eigenvalue weighted by molar-refractivity contribution is 7.93. The highest BCUT2D eigenvalue weighted by atomic mass is 32.2. The van der Waals surface area contributed by atoms with Gasteiger partial charge in [-0.25, -0.2) is 8.42 Å². The van der Waals surface area contributed by atoms with Gasteiger partial charge in [0.1, 0.15) is 10.5 Å². The van der Waals surface area contributed by atoms with Crippen molar-refractivity contribution in [1.82, 2.24) is 24.7 Å². The highest BCUT2D eigenvalue weighted by Gasteiger charge is 2.62. The number of amides is 1. The molecule has 1 spiro atoms. The van der Waals surface area contributed by atoms with E-state index in [0.29, 0.717) is 24.3 Å². The summed E-state index contributed by atoms with van der Waals surface area (Å²) in [6, 6.07) is 1.82. The van der Waals surface area contributed by atoms with Crippen molar-refractivity contribution in [2.45, 2.75) is 43.9 Å². The number of piperidine rings is 1. The molecule has 5 heterocycles. The Bertz CT molecular complexity index is 1050. The lowest BCUT2D eigenvalue weighted by atomic mass is 9.82. The number of hydrogen-bond donors (Lipinski definition) is 0. The number of carbonyl (C=O) groups is 1. The van der Waals surface area contributed by atoms with E-state index in [2.05, 4.69) is 15.2 Å². The van der Waals surface area contributed by atoms with E-state index in [0.717, 1.165) is 19.6 Å². The summed E-state index contributed by atoms with van der Waals surface area (Å²) in [5.41, 5.74) is 0.944. The Balaban J connectivity index is 1.32. The molecule has 10 heteroatoms. The molecule has 0 N–H and O–H groups in total. The molecule has 0 aromatic carbocycles. The zero-order chi connectivity index (χ0) is 21.6. The molecule has 31 heavy (non-hydrogen) atoms. The third-order valence-corrected chi connectivity index (χ3v) is 9.90. The van der Waals surface area contributed by atoms with Crippen molar-refractivity contribution in [2.75, 3.05) is 38.5 Å². The number of carbonyl (C=O) groups excluding carboxylic acids is 1. The highest BCUT2D eigenvalue weighted by Crippen LogP contribution is 2.45. The molecular weight excluding hydrogens is 418 g/mol. The Morgan fingerprint density at radius 2 is 2.03 bits per heavy atom. The average molecular weight is 448 g/mol. The first-order chi connectivity index (χ1) is 14.9. The van der Waals surface area contributed by atoms with Crippen molar-refractivity contribution in [2.24, 2.45) is 5.92 Å². The zero-order valence-corrected chi connectivity index (χ0v) is 18.7. The molecule has 2 aromatic heterocycles. The van der Waals surface area contributed by atoms with Crippen LogP contribution in [0.3, 0.4) is 0 Å². The smallest absolute Gasteiger partial charge is 0.276 e. The molecule has 168 valence electrons. The van der Waals surface area contributed by atoms with Crippen molar-refractivity contribution >= 4 is 15.7 Å². The van der Waals surface area contributed by atoms with Crippen LogP contribution < -0.4 is 0 Å². The van der Waals surface area contributed by atoms with Gasteiger partial charge in [-0.05, 0) is 51.3 Å². The van der Waals surface area contributed by atoms with Crippen molar-refractivity contribution in [3.63, 3.8) is 0 Å². The van der Waals surface area contributed by atoms with Gasteiger partial charge >= 0.3 is 0 Å². The quantitative estimate of drug-likeness (QED) is 0.682. The number of nitrogens with zero attached hydrogens (tertiary/aromatic N) is 5. The van der Waals surface area contributed by atoms with Crippen molar-refractivity contribution in [3.8, 4) is 0 Å². The molecule has 1 atom stereocenters. The summed E-state index contributed by atoms with van der Waals surface area (Å²) in [5, 5.41) is 8.19. The maximum atomic E-state index is 13.2. The van der Waals surface area contributed by atoms with Crippen LogP contribution in [0.15, 0.2) is 23.0 Å². The molecule has 3 saturated heterocycles. The normalized spacial score (nSPS) is 25.1. The molecule has 2 aromatic rings. The summed E-state index contributed by atoms with van der Waals surface area (Å²) < 4.78 is 32.2. The summed E-state index contributed by atoms with van der Waals surface area (Å²) in [5.74, 6) is 0.623. The lowest BCUT2D eigenvalue weighted by molar-refractivity contribution is 0.0401. The van der Waals surface area contributed by atoms with Gasteiger partial charge in [-0.15, -0.1) is 0 Å². The maximum Gasteiger partial charge on any atom is 0.276 e. The number of aryl methyl sites for hydroxylation is 1. The Kier molecular flexibility index (Phi) is 5.16. The van der Waals surface area contributed by atoms with Crippen LogP contribution in [0.5, 0.6) is 0 Å². The second kappa shape index (κ2) is 7.74. The Hall–Kier alpha value is -2.20. The molecule has 1 unspecified atom stereocenters. The molecular formula is C21H29N5O4S. The van der Waals surface area contributed by atoms with Gasteiger partial charge in [0.15, 0.2) is 15.5 Å². The summed E-state index contributed by atoms with van der Waals surface area (Å²) in [6.45, 7) is 5.57. The van der Waals surface area contributed by atoms with Gasteiger partial charge in [-0.1, -0.05) is 11.6 Å². The second-order valence-electron chi connectivity index (χ2n) is 9.16. The van der Waals surface area contributed by atoms with Gasteiger partial charge in [-0.2, -0.15) is 5.10 Å². The predicted octanol–water partition coefficient (Wildman–Crippen LogP) is 1.34. The lowest BCUT2D eigenvalue weighted by Crippen LogP contribution is -2.69. The van der Waals surface area contributed by atoms with E-state index >= 15 is 0 Å². The second-order valence-corrected chi connectivity index (χ2v) is 11.6. The largest absolute Gasteiger partial charge is 0.361 e. The van der Waals surface area contributed by atoms with E-state index in [1.54, 1.807) is 22.7 Å². The van der Waals surface area contributed by atoms with Gasteiger partial charge in [0, 0.05) is 37.6 Å². The fraction of sp³-hybridized carbons (Fsp3) is 0.667. The first-order valence-corrected chi connectivity index (χ1v) is 12.7. The van der Waals surface area contributed by atoms with Crippen LogP contribution in [-0.2, 0) is 16.4 Å². The van der Waals surface area contributed by atoms with Crippen molar-refractivity contribution in [3.05, 3.63) is 35.5 Å². The van der Waals surface area contributed by atoms with Crippen LogP contribution in [0.1, 0.15) is 47.5 Å². The van der Waals surface area contributed by atoms with Crippen LogP contribution in [0.4, 0.5) is 0 Å². The minimum absolute atomic E-state index is 0.0854. The molecule has 5 rings (SSSR count). The topological polar surface area (TPSA) is 102 Å². The molecule has 0 radical (unpaired) electrons. The lowest BCUT2D eigenvalue weighted by Gasteiger charge is -2.50. The fourth-order valence-electron chi connectivity index (χ4n) is 5.38. The summed E-state index contributed by atoms with van der Waals surface area (Å²) in [7, 11) is -3.22. The van der Waals surface area contributed by atoms with Crippen molar-refractivity contribution in [1.29, 1.82) is 0 Å². The fourth-order valence-corrected chi connectivity index (χ4v) is 7.79. The SMILES string of the molecule is Cc1onc(C(=O)N2CC3(C2)C(CN2CCCCC2)CCS3(=O)=O)c1Cn1cccn1. The molecule has 0 bridgehead atoms. The van der Waals surface area contributed by atoms with E-state index in [4.69, 9.17) is 4.52 Å². The Morgan fingerprint density at radius 3 is 2.74 bits per heavy atom. The monoisotopic (exact) mass is 447 g/mol. The predicted molar refractivity (Wildman–Crippen MR) is 113 cm³/mol. The minimum Gasteiger partial charge on any atom is -0.361 e. The molecule has 1 amide bonds. The van der Waals surface area contributed by atoms with Gasteiger partial charge in [0.05, 0.1) is 12.3 Å². The third kappa shape index (κ3) is 3.49. The van der Waals surface area contributed by atoms with E-state index in [-0.39, 0.29) is 36.4 Å². The van der Waals surface area contributed by atoms with Crippen LogP contribution in [-0.4, -0.2) is 82.3 Å². The zero-order valence-electron chi connectivity index (χ0n) is 17.9. The molecule has 3 aliphatic rings. The van der Waals surface area contributed by atoms with Gasteiger partial charge in [0.2, 0.25) is 0 Å². The van der Waals surface area contributed by atoms with Crippen molar-refractivity contribution < 1.29 is 17.7 Å². The Morgan fingerprint density at radius 1 is 1.26 bits per heavy atom. The van der Waals surface area contributed by atoms with E-state index in [1.165, 1.54) is 19.3 Å². The number of sulfone groups is 1. The number of hydrogen-bond acceptors (Lipinski definition) is 7. The van der Waals surface area contributed by atoms with E-state index in [9.17, 15) is 13.2 Å². The van der Waals surface area contributed by atoms with Gasteiger partial charge in [-0.3, -0.25) is 9.48 Å². The van der Waals surface area contributed by atoms with E-state index < -0.39 is 14.6 Å². The summed E-state index contributed by atoms with van der Waals surface area (Å²) in [4.78, 5) is 17.2. The maximum absolute atomic E-state index is 13.2. The van der Waals surface area contributed by atoms with E-state index in [1.807, 2.05) is 12.3 Å². The Labute approximate surface area is 182 Å². The number of likely N-dealkylation sites (tertiary alicyclic amines) is 2. The molecule has 3 fully saturated rings. The van der Waals surface area contributed by atoms with Gasteiger partial charge < -0.3 is 14.3 Å². The standard InChI is InChI=1S/C21H29N5O4S/c1-16-18(13-26-10-5-7-22-26)19(23-30-16)20(27)25-14-21(15-25)17(6-11-31(21,28)29)12-24-8-3-2-4-9-24/h5,7,10,17H,2-4,6,8-9,11-15H2,1H3. The summed E-state index contributed by atoms with van der Waals surface area (Å²) >= 11 is 0.